The van der Waals surface area contributed by atoms with Crippen LogP contribution in [0.5, 0.6) is 0 Å². The second-order valence-corrected chi connectivity index (χ2v) is 3.26. The molecule has 0 fully saturated rings. The number of hydrogen-bond acceptors (Lipinski definition) is 4. The third-order valence-electron chi connectivity index (χ3n) is 1.97. The van der Waals surface area contributed by atoms with Gasteiger partial charge in [-0.15, -0.1) is 0 Å². The number of benzene rings is 1. The lowest BCUT2D eigenvalue weighted by Crippen LogP contribution is -2.09. The Morgan fingerprint density at radius 3 is 2.94 bits per heavy atom. The predicted molar refractivity (Wildman–Crippen MR) is 61.1 cm³/mol. The van der Waals surface area contributed by atoms with Crippen LogP contribution in [0.2, 0.25) is 0 Å². The van der Waals surface area contributed by atoms with E-state index in [4.69, 9.17) is 15.2 Å². The monoisotopic (exact) mass is 223 g/mol. The van der Waals surface area contributed by atoms with E-state index in [0.717, 1.165) is 5.56 Å². The molecule has 0 aliphatic heterocycles. The first-order chi connectivity index (χ1) is 7.77. The van der Waals surface area contributed by atoms with E-state index in [1.165, 1.54) is 0 Å². The number of carbonyl (C=O) groups excluding carboxylic acids is 1. The number of carbonyl (C=O) groups is 1. The van der Waals surface area contributed by atoms with Crippen LogP contribution in [-0.4, -0.2) is 25.7 Å². The van der Waals surface area contributed by atoms with Gasteiger partial charge in [0.15, 0.2) is 0 Å². The number of rotatable bonds is 6. The highest BCUT2D eigenvalue weighted by Gasteiger charge is 2.06. The summed E-state index contributed by atoms with van der Waals surface area (Å²) in [7, 11) is 0. The van der Waals surface area contributed by atoms with Crippen LogP contribution >= 0.6 is 0 Å². The molecule has 0 unspecified atom stereocenters. The summed E-state index contributed by atoms with van der Waals surface area (Å²) in [5.74, 6) is -0.303. The van der Waals surface area contributed by atoms with Gasteiger partial charge in [0, 0.05) is 6.54 Å². The molecule has 4 heteroatoms. The van der Waals surface area contributed by atoms with Gasteiger partial charge in [0.2, 0.25) is 0 Å². The highest BCUT2D eigenvalue weighted by Crippen LogP contribution is 2.08. The summed E-state index contributed by atoms with van der Waals surface area (Å²) < 4.78 is 10.2. The Morgan fingerprint density at radius 1 is 1.44 bits per heavy atom. The van der Waals surface area contributed by atoms with E-state index in [0.29, 0.717) is 31.9 Å². The normalized spacial score (nSPS) is 10.1. The van der Waals surface area contributed by atoms with Crippen LogP contribution in [-0.2, 0) is 16.1 Å². The zero-order valence-electron chi connectivity index (χ0n) is 9.44. The van der Waals surface area contributed by atoms with Crippen molar-refractivity contribution >= 4 is 5.97 Å². The molecule has 0 aliphatic carbocycles. The highest BCUT2D eigenvalue weighted by molar-refractivity contribution is 5.89. The Labute approximate surface area is 95.3 Å². The maximum Gasteiger partial charge on any atom is 0.338 e. The standard InChI is InChI=1S/C12H17NO3/c1-2-16-12(14)11-5-3-4-10(8-11)9-15-7-6-13/h3-5,8H,2,6-7,9,13H2,1H3. The molecule has 0 spiro atoms. The molecular weight excluding hydrogens is 206 g/mol. The van der Waals surface area contributed by atoms with E-state index in [1.807, 2.05) is 12.1 Å². The molecule has 0 bridgehead atoms. The third kappa shape index (κ3) is 4.00. The van der Waals surface area contributed by atoms with Gasteiger partial charge in [-0.25, -0.2) is 4.79 Å². The molecule has 0 radical (unpaired) electrons. The van der Waals surface area contributed by atoms with E-state index >= 15 is 0 Å². The first-order valence-corrected chi connectivity index (χ1v) is 5.31. The number of nitrogens with two attached hydrogens (primary N) is 1. The molecule has 1 aromatic carbocycles. The molecule has 0 saturated carbocycles. The van der Waals surface area contributed by atoms with Gasteiger partial charge in [-0.1, -0.05) is 12.1 Å². The maximum absolute atomic E-state index is 11.4. The van der Waals surface area contributed by atoms with Crippen LogP contribution in [0.15, 0.2) is 24.3 Å². The van der Waals surface area contributed by atoms with Gasteiger partial charge in [0.25, 0.3) is 0 Å². The molecule has 1 rings (SSSR count). The van der Waals surface area contributed by atoms with Gasteiger partial charge in [-0.2, -0.15) is 0 Å². The van der Waals surface area contributed by atoms with Crippen molar-refractivity contribution in [1.29, 1.82) is 0 Å². The SMILES string of the molecule is CCOC(=O)c1cccc(COCCN)c1. The Bertz CT molecular complexity index is 339. The Hall–Kier alpha value is -1.39. The topological polar surface area (TPSA) is 61.5 Å². The average Bonchev–Trinajstić information content (AvgIpc) is 2.30. The zero-order valence-corrected chi connectivity index (χ0v) is 9.44. The molecule has 2 N–H and O–H groups in total. The summed E-state index contributed by atoms with van der Waals surface area (Å²) in [6, 6.07) is 7.21. The predicted octanol–water partition coefficient (Wildman–Crippen LogP) is 1.34. The van der Waals surface area contributed by atoms with E-state index < -0.39 is 0 Å². The van der Waals surface area contributed by atoms with Gasteiger partial charge >= 0.3 is 5.97 Å². The fourth-order valence-electron chi connectivity index (χ4n) is 1.28. The average molecular weight is 223 g/mol. The quantitative estimate of drug-likeness (QED) is 0.584. The lowest BCUT2D eigenvalue weighted by Gasteiger charge is -2.05. The molecule has 0 aliphatic rings. The van der Waals surface area contributed by atoms with Crippen LogP contribution in [0.4, 0.5) is 0 Å². The van der Waals surface area contributed by atoms with Crippen molar-refractivity contribution < 1.29 is 14.3 Å². The zero-order chi connectivity index (χ0) is 11.8. The lowest BCUT2D eigenvalue weighted by molar-refractivity contribution is 0.0526. The second-order valence-electron chi connectivity index (χ2n) is 3.26. The van der Waals surface area contributed by atoms with E-state index in [9.17, 15) is 4.79 Å². The molecule has 1 aromatic rings. The Balaban J connectivity index is 2.60. The Kier molecular flexibility index (Phi) is 5.53. The largest absolute Gasteiger partial charge is 0.462 e. The molecule has 0 aromatic heterocycles. The van der Waals surface area contributed by atoms with E-state index in [1.54, 1.807) is 19.1 Å². The van der Waals surface area contributed by atoms with Crippen LogP contribution in [0.25, 0.3) is 0 Å². The third-order valence-corrected chi connectivity index (χ3v) is 1.97. The molecule has 0 amide bonds. The van der Waals surface area contributed by atoms with Crippen molar-refractivity contribution in [2.24, 2.45) is 5.73 Å². The summed E-state index contributed by atoms with van der Waals surface area (Å²) in [5.41, 5.74) is 6.81. The summed E-state index contributed by atoms with van der Waals surface area (Å²) in [6.07, 6.45) is 0. The first kappa shape index (κ1) is 12.7. The molecular formula is C12H17NO3. The fraction of sp³-hybridized carbons (Fsp3) is 0.417. The second kappa shape index (κ2) is 6.98. The van der Waals surface area contributed by atoms with Crippen LogP contribution < -0.4 is 5.73 Å². The molecule has 4 nitrogen and oxygen atoms in total. The summed E-state index contributed by atoms with van der Waals surface area (Å²) in [6.45, 7) is 3.64. The fourth-order valence-corrected chi connectivity index (χ4v) is 1.28. The number of esters is 1. The van der Waals surface area contributed by atoms with Crippen molar-refractivity contribution in [2.75, 3.05) is 19.8 Å². The molecule has 0 heterocycles. The summed E-state index contributed by atoms with van der Waals surface area (Å²) in [5, 5.41) is 0. The van der Waals surface area contributed by atoms with Crippen molar-refractivity contribution in [3.63, 3.8) is 0 Å². The first-order valence-electron chi connectivity index (χ1n) is 5.31. The van der Waals surface area contributed by atoms with Crippen molar-refractivity contribution in [3.8, 4) is 0 Å². The maximum atomic E-state index is 11.4. The number of ether oxygens (including phenoxy) is 2. The minimum Gasteiger partial charge on any atom is -0.462 e. The van der Waals surface area contributed by atoms with Crippen LogP contribution in [0.3, 0.4) is 0 Å². The van der Waals surface area contributed by atoms with E-state index in [-0.39, 0.29) is 5.97 Å². The molecule has 88 valence electrons. The van der Waals surface area contributed by atoms with Gasteiger partial charge in [-0.3, -0.25) is 0 Å². The summed E-state index contributed by atoms with van der Waals surface area (Å²) in [4.78, 5) is 11.4. The van der Waals surface area contributed by atoms with Crippen molar-refractivity contribution in [2.45, 2.75) is 13.5 Å². The van der Waals surface area contributed by atoms with E-state index in [2.05, 4.69) is 0 Å². The van der Waals surface area contributed by atoms with Crippen molar-refractivity contribution in [3.05, 3.63) is 35.4 Å². The van der Waals surface area contributed by atoms with Gasteiger partial charge in [0.1, 0.15) is 0 Å². The molecule has 0 saturated heterocycles. The minimum atomic E-state index is -0.303. The molecule has 16 heavy (non-hydrogen) atoms. The van der Waals surface area contributed by atoms with Gasteiger partial charge in [-0.05, 0) is 24.6 Å². The Morgan fingerprint density at radius 2 is 2.25 bits per heavy atom. The molecule has 0 atom stereocenters. The van der Waals surface area contributed by atoms with Gasteiger partial charge < -0.3 is 15.2 Å². The number of hydrogen-bond donors (Lipinski definition) is 1. The van der Waals surface area contributed by atoms with Crippen LogP contribution in [0.1, 0.15) is 22.8 Å². The van der Waals surface area contributed by atoms with Gasteiger partial charge in [0.05, 0.1) is 25.4 Å². The smallest absolute Gasteiger partial charge is 0.338 e. The van der Waals surface area contributed by atoms with Crippen LogP contribution in [0, 0.1) is 0 Å². The van der Waals surface area contributed by atoms with Crippen molar-refractivity contribution in [1.82, 2.24) is 0 Å². The minimum absolute atomic E-state index is 0.303. The lowest BCUT2D eigenvalue weighted by atomic mass is 10.1. The highest BCUT2D eigenvalue weighted by atomic mass is 16.5. The summed E-state index contributed by atoms with van der Waals surface area (Å²) >= 11 is 0.